The zero-order chi connectivity index (χ0) is 16.4. The summed E-state index contributed by atoms with van der Waals surface area (Å²) in [6.45, 7) is 2.55. The van der Waals surface area contributed by atoms with Crippen LogP contribution >= 0.6 is 0 Å². The van der Waals surface area contributed by atoms with Crippen LogP contribution in [0.1, 0.15) is 6.42 Å². The Morgan fingerprint density at radius 2 is 1.79 bits per heavy atom. The average molecular weight is 323 g/mol. The number of para-hydroxylation sites is 3. The molecule has 1 N–H and O–H groups in total. The van der Waals surface area contributed by atoms with Gasteiger partial charge in [0.25, 0.3) is 0 Å². The maximum absolute atomic E-state index is 10.4. The lowest BCUT2D eigenvalue weighted by molar-refractivity contribution is 0.114. The summed E-state index contributed by atoms with van der Waals surface area (Å²) >= 11 is 0. The first-order chi connectivity index (χ1) is 11.8. The van der Waals surface area contributed by atoms with Gasteiger partial charge in [0.15, 0.2) is 0 Å². The lowest BCUT2D eigenvalue weighted by Crippen LogP contribution is -2.45. The van der Waals surface area contributed by atoms with E-state index < -0.39 is 6.10 Å². The van der Waals surface area contributed by atoms with Crippen molar-refractivity contribution < 1.29 is 9.84 Å². The van der Waals surface area contributed by atoms with E-state index in [4.69, 9.17) is 4.74 Å². The minimum atomic E-state index is -0.595. The number of aliphatic imine (C=N–C) groups is 1. The number of aliphatic hydroxyl groups is 1. The van der Waals surface area contributed by atoms with E-state index in [1.54, 1.807) is 0 Å². The fourth-order valence-electron chi connectivity index (χ4n) is 3.23. The summed E-state index contributed by atoms with van der Waals surface area (Å²) in [7, 11) is 0. The van der Waals surface area contributed by atoms with Gasteiger partial charge in [0.1, 0.15) is 18.5 Å². The zero-order valence-corrected chi connectivity index (χ0v) is 13.5. The first kappa shape index (κ1) is 15.0. The number of guanidine groups is 1. The van der Waals surface area contributed by atoms with Crippen LogP contribution in [0.4, 0.5) is 11.4 Å². The van der Waals surface area contributed by atoms with Gasteiger partial charge in [-0.15, -0.1) is 0 Å². The lowest BCUT2D eigenvalue weighted by Gasteiger charge is -2.28. The van der Waals surface area contributed by atoms with Crippen LogP contribution in [-0.2, 0) is 0 Å². The van der Waals surface area contributed by atoms with Crippen molar-refractivity contribution in [3.8, 4) is 5.75 Å². The van der Waals surface area contributed by atoms with E-state index in [0.29, 0.717) is 6.54 Å². The van der Waals surface area contributed by atoms with Gasteiger partial charge in [-0.2, -0.15) is 0 Å². The van der Waals surface area contributed by atoms with E-state index in [-0.39, 0.29) is 6.61 Å². The van der Waals surface area contributed by atoms with Crippen molar-refractivity contribution in [1.29, 1.82) is 0 Å². The molecule has 4 rings (SSSR count). The van der Waals surface area contributed by atoms with Crippen molar-refractivity contribution in [1.82, 2.24) is 0 Å². The van der Waals surface area contributed by atoms with Crippen molar-refractivity contribution in [2.24, 2.45) is 4.99 Å². The van der Waals surface area contributed by atoms with Crippen molar-refractivity contribution in [3.63, 3.8) is 0 Å². The van der Waals surface area contributed by atoms with Gasteiger partial charge in [-0.05, 0) is 30.7 Å². The molecule has 0 saturated heterocycles. The second-order valence-electron chi connectivity index (χ2n) is 6.06. The number of benzene rings is 2. The fraction of sp³-hybridized carbons (Fsp3) is 0.316. The van der Waals surface area contributed by atoms with Gasteiger partial charge in [0.05, 0.1) is 17.9 Å². The smallest absolute Gasteiger partial charge is 0.205 e. The van der Waals surface area contributed by atoms with Crippen LogP contribution in [-0.4, -0.2) is 43.4 Å². The lowest BCUT2D eigenvalue weighted by atomic mass is 10.2. The molecule has 24 heavy (non-hydrogen) atoms. The van der Waals surface area contributed by atoms with E-state index >= 15 is 0 Å². The SMILES string of the molecule is O[C@H](COc1ccccc1)CN1C2=NCCCN2c2ccccc21. The highest BCUT2D eigenvalue weighted by molar-refractivity contribution is 6.16. The Kier molecular flexibility index (Phi) is 4.09. The Hall–Kier alpha value is -2.53. The Labute approximate surface area is 141 Å². The number of aliphatic hydroxyl groups excluding tert-OH is 1. The van der Waals surface area contributed by atoms with Gasteiger partial charge in [0, 0.05) is 13.1 Å². The van der Waals surface area contributed by atoms with Crippen molar-refractivity contribution in [2.75, 3.05) is 36.0 Å². The number of hydrogen-bond donors (Lipinski definition) is 1. The van der Waals surface area contributed by atoms with Crippen LogP contribution in [0, 0.1) is 0 Å². The minimum Gasteiger partial charge on any atom is -0.491 e. The highest BCUT2D eigenvalue weighted by atomic mass is 16.5. The second-order valence-corrected chi connectivity index (χ2v) is 6.06. The molecule has 1 atom stereocenters. The molecule has 0 saturated carbocycles. The molecule has 0 fully saturated rings. The van der Waals surface area contributed by atoms with Gasteiger partial charge in [-0.1, -0.05) is 30.3 Å². The molecule has 0 unspecified atom stereocenters. The number of nitrogens with zero attached hydrogens (tertiary/aromatic N) is 3. The van der Waals surface area contributed by atoms with Crippen molar-refractivity contribution in [2.45, 2.75) is 12.5 Å². The normalized spacial score (nSPS) is 17.1. The largest absolute Gasteiger partial charge is 0.491 e. The number of β-amino-alcohol motifs (C(OH)–C–C–N with tert-alkyl or cyclic N) is 1. The molecule has 0 aromatic heterocycles. The summed E-state index contributed by atoms with van der Waals surface area (Å²) in [5.74, 6) is 1.72. The summed E-state index contributed by atoms with van der Waals surface area (Å²) in [6, 6.07) is 17.8. The first-order valence-corrected chi connectivity index (χ1v) is 8.37. The molecular weight excluding hydrogens is 302 g/mol. The molecule has 0 bridgehead atoms. The Bertz CT molecular complexity index is 732. The maximum atomic E-state index is 10.4. The van der Waals surface area contributed by atoms with Crippen LogP contribution in [0.5, 0.6) is 5.75 Å². The molecule has 0 aliphatic carbocycles. The molecule has 0 radical (unpaired) electrons. The predicted octanol–water partition coefficient (Wildman–Crippen LogP) is 2.51. The number of rotatable bonds is 5. The van der Waals surface area contributed by atoms with E-state index in [1.807, 2.05) is 42.5 Å². The number of hydrogen-bond acceptors (Lipinski definition) is 5. The van der Waals surface area contributed by atoms with Crippen LogP contribution in [0.25, 0.3) is 0 Å². The summed E-state index contributed by atoms with van der Waals surface area (Å²) in [4.78, 5) is 9.02. The molecule has 5 heteroatoms. The van der Waals surface area contributed by atoms with Crippen molar-refractivity contribution >= 4 is 17.3 Å². The molecule has 0 spiro atoms. The topological polar surface area (TPSA) is 48.3 Å². The molecule has 0 amide bonds. The van der Waals surface area contributed by atoms with Gasteiger partial charge >= 0.3 is 0 Å². The number of fused-ring (bicyclic) bond motifs is 3. The predicted molar refractivity (Wildman–Crippen MR) is 96.0 cm³/mol. The summed E-state index contributed by atoms with van der Waals surface area (Å²) in [6.07, 6.45) is 0.466. The monoisotopic (exact) mass is 323 g/mol. The third kappa shape index (κ3) is 2.83. The van der Waals surface area contributed by atoms with Gasteiger partial charge in [0.2, 0.25) is 5.96 Å². The third-order valence-corrected chi connectivity index (χ3v) is 4.32. The van der Waals surface area contributed by atoms with Crippen molar-refractivity contribution in [3.05, 3.63) is 54.6 Å². The molecule has 2 aliphatic rings. The second kappa shape index (κ2) is 6.53. The molecule has 2 aromatic rings. The fourth-order valence-corrected chi connectivity index (χ4v) is 3.23. The Morgan fingerprint density at radius 1 is 1.04 bits per heavy atom. The summed E-state index contributed by atoms with van der Waals surface area (Å²) in [5, 5.41) is 10.4. The summed E-state index contributed by atoms with van der Waals surface area (Å²) < 4.78 is 5.67. The number of ether oxygens (including phenoxy) is 1. The van der Waals surface area contributed by atoms with Gasteiger partial charge in [-0.3, -0.25) is 4.99 Å². The zero-order valence-electron chi connectivity index (χ0n) is 13.5. The standard InChI is InChI=1S/C19H21N3O2/c23-15(14-24-16-7-2-1-3-8-16)13-22-18-10-5-4-9-17(18)21-12-6-11-20-19(21)22/h1-5,7-10,15,23H,6,11-14H2/t15-/m0/s1. The third-order valence-electron chi connectivity index (χ3n) is 4.32. The van der Waals surface area contributed by atoms with Crippen LogP contribution in [0.3, 0.4) is 0 Å². The van der Waals surface area contributed by atoms with Crippen LogP contribution in [0.2, 0.25) is 0 Å². The van der Waals surface area contributed by atoms with Crippen LogP contribution in [0.15, 0.2) is 59.6 Å². The van der Waals surface area contributed by atoms with E-state index in [9.17, 15) is 5.11 Å². The molecular formula is C19H21N3O2. The number of anilines is 2. The van der Waals surface area contributed by atoms with E-state index in [0.717, 1.165) is 36.9 Å². The molecule has 2 heterocycles. The highest BCUT2D eigenvalue weighted by Crippen LogP contribution is 2.38. The van der Waals surface area contributed by atoms with E-state index in [1.165, 1.54) is 5.69 Å². The van der Waals surface area contributed by atoms with Gasteiger partial charge < -0.3 is 19.6 Å². The van der Waals surface area contributed by atoms with Crippen LogP contribution < -0.4 is 14.5 Å². The average Bonchev–Trinajstić information content (AvgIpc) is 2.95. The highest BCUT2D eigenvalue weighted by Gasteiger charge is 2.34. The molecule has 2 aliphatic heterocycles. The first-order valence-electron chi connectivity index (χ1n) is 8.37. The molecule has 5 nitrogen and oxygen atoms in total. The maximum Gasteiger partial charge on any atom is 0.205 e. The van der Waals surface area contributed by atoms with Gasteiger partial charge in [-0.25, -0.2) is 0 Å². The Morgan fingerprint density at radius 3 is 2.62 bits per heavy atom. The quantitative estimate of drug-likeness (QED) is 0.918. The Balaban J connectivity index is 1.48. The summed E-state index contributed by atoms with van der Waals surface area (Å²) in [5.41, 5.74) is 2.28. The molecule has 2 aromatic carbocycles. The molecule has 124 valence electrons. The minimum absolute atomic E-state index is 0.260. The van der Waals surface area contributed by atoms with E-state index in [2.05, 4.69) is 26.9 Å².